The van der Waals surface area contributed by atoms with Gasteiger partial charge < -0.3 is 4.74 Å². The average molecular weight is 442 g/mol. The Morgan fingerprint density at radius 2 is 1.58 bits per heavy atom. The third kappa shape index (κ3) is 3.09. The minimum Gasteiger partial charge on any atom is -0.425 e. The zero-order valence-corrected chi connectivity index (χ0v) is 18.8. The lowest BCUT2D eigenvalue weighted by Crippen LogP contribution is -2.48. The number of rotatable bonds is 5. The Kier molecular flexibility index (Phi) is 4.58. The second kappa shape index (κ2) is 7.41. The van der Waals surface area contributed by atoms with Gasteiger partial charge >= 0.3 is 5.97 Å². The topological polar surface area (TPSA) is 63.7 Å². The van der Waals surface area contributed by atoms with Crippen molar-refractivity contribution in [3.63, 3.8) is 0 Å². The summed E-state index contributed by atoms with van der Waals surface area (Å²) in [5, 5.41) is 0. The molecule has 1 aliphatic heterocycles. The molecule has 7 rings (SSSR count). The van der Waals surface area contributed by atoms with E-state index in [4.69, 9.17) is 4.74 Å². The summed E-state index contributed by atoms with van der Waals surface area (Å²) < 4.78 is 5.82. The van der Waals surface area contributed by atoms with Crippen LogP contribution in [-0.2, 0) is 20.8 Å². The van der Waals surface area contributed by atoms with Crippen LogP contribution >= 0.6 is 0 Å². The molecule has 2 aromatic rings. The van der Waals surface area contributed by atoms with Crippen LogP contribution in [0.2, 0.25) is 0 Å². The minimum atomic E-state index is -0.978. The number of benzene rings is 2. The Hall–Kier alpha value is -3.21. The van der Waals surface area contributed by atoms with Gasteiger partial charge in [0.25, 0.3) is 0 Å². The fraction of sp³-hybridized carbons (Fsp3) is 0.393. The molecule has 5 aliphatic rings. The van der Waals surface area contributed by atoms with Crippen molar-refractivity contribution in [2.75, 3.05) is 0 Å². The first-order chi connectivity index (χ1) is 16.0. The summed E-state index contributed by atoms with van der Waals surface area (Å²) in [5.74, 6) is 0.140. The first-order valence-corrected chi connectivity index (χ1v) is 11.8. The first kappa shape index (κ1) is 20.4. The number of hydrogen-bond donors (Lipinski definition) is 0. The molecule has 0 radical (unpaired) electrons. The van der Waals surface area contributed by atoms with Gasteiger partial charge in [-0.2, -0.15) is 0 Å². The molecule has 2 saturated carbocycles. The van der Waals surface area contributed by atoms with E-state index in [0.717, 1.165) is 23.1 Å². The summed E-state index contributed by atoms with van der Waals surface area (Å²) >= 11 is 0. The van der Waals surface area contributed by atoms with Gasteiger partial charge in [0.15, 0.2) is 0 Å². The quantitative estimate of drug-likeness (QED) is 0.306. The van der Waals surface area contributed by atoms with Crippen LogP contribution in [-0.4, -0.2) is 28.7 Å². The van der Waals surface area contributed by atoms with E-state index in [2.05, 4.69) is 12.2 Å². The van der Waals surface area contributed by atoms with Crippen LogP contribution in [0.4, 0.5) is 0 Å². The second-order valence-corrected chi connectivity index (χ2v) is 10.0. The van der Waals surface area contributed by atoms with Gasteiger partial charge in [-0.25, -0.2) is 4.79 Å². The van der Waals surface area contributed by atoms with E-state index in [0.29, 0.717) is 17.6 Å². The molecule has 168 valence electrons. The minimum absolute atomic E-state index is 0.124. The smallest absolute Gasteiger partial charge is 0.335 e. The maximum absolute atomic E-state index is 13.7. The molecule has 3 fully saturated rings. The van der Waals surface area contributed by atoms with Crippen molar-refractivity contribution in [1.82, 2.24) is 4.90 Å². The van der Waals surface area contributed by atoms with Gasteiger partial charge in [0.05, 0.1) is 11.8 Å². The van der Waals surface area contributed by atoms with Gasteiger partial charge in [0.2, 0.25) is 11.8 Å². The van der Waals surface area contributed by atoms with Crippen molar-refractivity contribution >= 4 is 17.8 Å². The number of aryl methyl sites for hydroxylation is 1. The molecule has 2 bridgehead atoms. The molecular weight excluding hydrogens is 414 g/mol. The number of likely N-dealkylation sites (tertiary alicyclic amines) is 1. The first-order valence-electron chi connectivity index (χ1n) is 11.8. The molecule has 1 heterocycles. The standard InChI is InChI=1S/C28H27NO4/c1-15-7-6-10-23(16(15)2)33-28(32)22(13-17-8-4-3-5-9-17)29-26(30)24-18-11-12-19(21-14-20(18)21)25(24)27(29)31/h3-12,18-22,24-25H,13-14H2,1-2H3. The highest BCUT2D eigenvalue weighted by Gasteiger charge is 2.68. The third-order valence-corrected chi connectivity index (χ3v) is 8.32. The molecule has 0 aromatic heterocycles. The zero-order chi connectivity index (χ0) is 22.9. The van der Waals surface area contributed by atoms with Crippen LogP contribution in [0.5, 0.6) is 5.75 Å². The van der Waals surface area contributed by atoms with Gasteiger partial charge in [-0.1, -0.05) is 54.6 Å². The zero-order valence-electron chi connectivity index (χ0n) is 18.8. The SMILES string of the molecule is Cc1cccc(OC(=O)C(Cc2ccccc2)N2C(=O)C3C4C=CC(C5CC45)C3C2=O)c1C. The van der Waals surface area contributed by atoms with Crippen LogP contribution in [0.3, 0.4) is 0 Å². The Morgan fingerprint density at radius 1 is 0.939 bits per heavy atom. The molecule has 5 nitrogen and oxygen atoms in total. The number of ether oxygens (including phenoxy) is 1. The van der Waals surface area contributed by atoms with E-state index in [-0.39, 0.29) is 41.9 Å². The molecule has 7 atom stereocenters. The van der Waals surface area contributed by atoms with Gasteiger partial charge in [-0.05, 0) is 66.7 Å². The van der Waals surface area contributed by atoms with Gasteiger partial charge in [0.1, 0.15) is 11.8 Å². The van der Waals surface area contributed by atoms with Crippen molar-refractivity contribution < 1.29 is 19.1 Å². The highest BCUT2D eigenvalue weighted by Crippen LogP contribution is 2.65. The molecule has 0 N–H and O–H groups in total. The lowest BCUT2D eigenvalue weighted by molar-refractivity contribution is -0.153. The van der Waals surface area contributed by atoms with Gasteiger partial charge in [0, 0.05) is 6.42 Å². The Morgan fingerprint density at radius 3 is 2.21 bits per heavy atom. The summed E-state index contributed by atoms with van der Waals surface area (Å²) in [6.45, 7) is 3.86. The molecule has 1 saturated heterocycles. The maximum atomic E-state index is 13.7. The number of esters is 1. The van der Waals surface area contributed by atoms with E-state index >= 15 is 0 Å². The monoisotopic (exact) mass is 441 g/mol. The largest absolute Gasteiger partial charge is 0.425 e. The fourth-order valence-electron chi connectivity index (χ4n) is 6.42. The van der Waals surface area contributed by atoms with Gasteiger partial charge in [-0.15, -0.1) is 0 Å². The number of allylic oxidation sites excluding steroid dienone is 2. The number of imide groups is 1. The summed E-state index contributed by atoms with van der Waals surface area (Å²) in [6.07, 6.45) is 5.65. The van der Waals surface area contributed by atoms with E-state index in [1.54, 1.807) is 6.07 Å². The molecular formula is C28H27NO4. The number of carbonyl (C=O) groups excluding carboxylic acids is 3. The number of hydrogen-bond acceptors (Lipinski definition) is 4. The lowest BCUT2D eigenvalue weighted by Gasteiger charge is -2.37. The summed E-state index contributed by atoms with van der Waals surface area (Å²) in [4.78, 5) is 42.1. The Balaban J connectivity index is 1.34. The Labute approximate surface area is 193 Å². The molecule has 2 aromatic carbocycles. The van der Waals surface area contributed by atoms with Crippen LogP contribution in [0.25, 0.3) is 0 Å². The van der Waals surface area contributed by atoms with Crippen molar-refractivity contribution in [2.45, 2.75) is 32.7 Å². The molecule has 5 heteroatoms. The number of nitrogens with zero attached hydrogens (tertiary/aromatic N) is 1. The summed E-state index contributed by atoms with van der Waals surface area (Å²) in [7, 11) is 0. The predicted molar refractivity (Wildman–Crippen MR) is 122 cm³/mol. The second-order valence-electron chi connectivity index (χ2n) is 10.0. The normalized spacial score (nSPS) is 31.9. The molecule has 33 heavy (non-hydrogen) atoms. The Bertz CT molecular complexity index is 1150. The van der Waals surface area contributed by atoms with Crippen LogP contribution in [0.15, 0.2) is 60.7 Å². The summed E-state index contributed by atoms with van der Waals surface area (Å²) in [5.41, 5.74) is 2.78. The van der Waals surface area contributed by atoms with Crippen LogP contribution in [0, 0.1) is 49.4 Å². The van der Waals surface area contributed by atoms with Crippen molar-refractivity contribution in [3.05, 3.63) is 77.4 Å². The van der Waals surface area contributed by atoms with Crippen molar-refractivity contribution in [1.29, 1.82) is 0 Å². The highest BCUT2D eigenvalue weighted by atomic mass is 16.5. The fourth-order valence-corrected chi connectivity index (χ4v) is 6.42. The maximum Gasteiger partial charge on any atom is 0.335 e. The average Bonchev–Trinajstić information content (AvgIpc) is 3.60. The lowest BCUT2D eigenvalue weighted by atomic mass is 9.63. The van der Waals surface area contributed by atoms with Crippen LogP contribution < -0.4 is 4.74 Å². The molecule has 7 unspecified atom stereocenters. The van der Waals surface area contributed by atoms with Crippen molar-refractivity contribution in [2.24, 2.45) is 35.5 Å². The predicted octanol–water partition coefficient (Wildman–Crippen LogP) is 3.87. The third-order valence-electron chi connectivity index (χ3n) is 8.32. The van der Waals surface area contributed by atoms with E-state index in [1.165, 1.54) is 4.90 Å². The number of carbonyl (C=O) groups is 3. The van der Waals surface area contributed by atoms with E-state index in [9.17, 15) is 14.4 Å². The highest BCUT2D eigenvalue weighted by molar-refractivity contribution is 6.09. The van der Waals surface area contributed by atoms with E-state index < -0.39 is 12.0 Å². The summed E-state index contributed by atoms with van der Waals surface area (Å²) in [6, 6.07) is 14.1. The van der Waals surface area contributed by atoms with Crippen molar-refractivity contribution in [3.8, 4) is 5.75 Å². The molecule has 0 spiro atoms. The van der Waals surface area contributed by atoms with Gasteiger partial charge in [-0.3, -0.25) is 14.5 Å². The molecule has 4 aliphatic carbocycles. The number of amides is 2. The van der Waals surface area contributed by atoms with E-state index in [1.807, 2.05) is 56.3 Å². The molecule has 2 amide bonds. The van der Waals surface area contributed by atoms with Crippen LogP contribution in [0.1, 0.15) is 23.1 Å².